The molecule has 1 aliphatic heterocycles. The van der Waals surface area contributed by atoms with E-state index in [1.54, 1.807) is 0 Å². The SMILES string of the molecule is CC(=O)O[C@@H]1CC2[C@@]3(C)CC[C@@H](OC(=O)CC(=O)O)C(C)(C)C3CC[C@@]2(C)[C@]2(C)CCC(C3(C)CC[C@@H](C(C)(C)O)O3)C12. The van der Waals surface area contributed by atoms with Gasteiger partial charge in [0.1, 0.15) is 18.6 Å². The molecule has 1 saturated heterocycles. The standard InChI is InChI=1S/C35H56O8/c1-20(36)41-22-18-24-32(6)14-12-25(42-28(39)19-27(37)38)30(2,3)23(32)11-16-33(24,7)34(8)15-10-21(29(22)34)35(9)17-13-26(43-35)31(4,5)40/h21-26,29,40H,10-19H2,1-9H3,(H,37,38)/t21?,22-,23?,24?,25-,26+,29?,32+,33-,34-,35?/m1/s1. The second kappa shape index (κ2) is 10.4. The van der Waals surface area contributed by atoms with Crippen LogP contribution in [-0.2, 0) is 28.6 Å². The van der Waals surface area contributed by atoms with E-state index in [0.29, 0.717) is 12.3 Å². The maximum absolute atomic E-state index is 12.6. The van der Waals surface area contributed by atoms with Crippen molar-refractivity contribution in [2.45, 2.75) is 156 Å². The minimum Gasteiger partial charge on any atom is -0.481 e. The molecule has 0 aromatic carbocycles. The summed E-state index contributed by atoms with van der Waals surface area (Å²) in [7, 11) is 0. The topological polar surface area (TPSA) is 119 Å². The van der Waals surface area contributed by atoms with Gasteiger partial charge in [-0.1, -0.05) is 34.6 Å². The van der Waals surface area contributed by atoms with Crippen LogP contribution < -0.4 is 0 Å². The zero-order valence-electron chi connectivity index (χ0n) is 28.0. The third-order valence-electron chi connectivity index (χ3n) is 14.1. The largest absolute Gasteiger partial charge is 0.481 e. The van der Waals surface area contributed by atoms with E-state index in [1.807, 2.05) is 13.8 Å². The molecule has 0 aromatic rings. The summed E-state index contributed by atoms with van der Waals surface area (Å²) in [6.07, 6.45) is 6.90. The molecule has 8 heteroatoms. The molecule has 0 aromatic heterocycles. The monoisotopic (exact) mass is 604 g/mol. The lowest BCUT2D eigenvalue weighted by Gasteiger charge is -2.70. The van der Waals surface area contributed by atoms with E-state index in [1.165, 1.54) is 6.92 Å². The number of carboxylic acid groups (broad SMARTS) is 1. The molecular weight excluding hydrogens is 548 g/mol. The number of carboxylic acids is 1. The predicted molar refractivity (Wildman–Crippen MR) is 161 cm³/mol. The van der Waals surface area contributed by atoms with Gasteiger partial charge in [-0.15, -0.1) is 0 Å². The van der Waals surface area contributed by atoms with Crippen LogP contribution in [-0.4, -0.2) is 57.6 Å². The quantitative estimate of drug-likeness (QED) is 0.268. The van der Waals surface area contributed by atoms with Crippen molar-refractivity contribution in [3.05, 3.63) is 0 Å². The number of aliphatic carboxylic acids is 1. The lowest BCUT2D eigenvalue weighted by molar-refractivity contribution is -0.254. The third kappa shape index (κ3) is 5.05. The highest BCUT2D eigenvalue weighted by atomic mass is 16.6. The highest BCUT2D eigenvalue weighted by Gasteiger charge is 2.72. The first-order valence-electron chi connectivity index (χ1n) is 16.7. The molecule has 43 heavy (non-hydrogen) atoms. The van der Waals surface area contributed by atoms with Gasteiger partial charge < -0.3 is 24.4 Å². The minimum absolute atomic E-state index is 0.0296. The fraction of sp³-hybridized carbons (Fsp3) is 0.914. The molecule has 11 atom stereocenters. The fourth-order valence-corrected chi connectivity index (χ4v) is 11.9. The van der Waals surface area contributed by atoms with Crippen molar-refractivity contribution in [3.8, 4) is 0 Å². The van der Waals surface area contributed by atoms with Crippen LogP contribution in [0.1, 0.15) is 127 Å². The van der Waals surface area contributed by atoms with Gasteiger partial charge in [0.15, 0.2) is 0 Å². The first kappa shape index (κ1) is 32.7. The van der Waals surface area contributed by atoms with Gasteiger partial charge in [-0.25, -0.2) is 0 Å². The van der Waals surface area contributed by atoms with Gasteiger partial charge in [0.25, 0.3) is 0 Å². The number of rotatable bonds is 6. The molecule has 5 unspecified atom stereocenters. The van der Waals surface area contributed by atoms with Crippen molar-refractivity contribution in [1.82, 2.24) is 0 Å². The average molecular weight is 605 g/mol. The van der Waals surface area contributed by atoms with Crippen LogP contribution in [0.2, 0.25) is 0 Å². The van der Waals surface area contributed by atoms with Crippen LogP contribution >= 0.6 is 0 Å². The van der Waals surface area contributed by atoms with Gasteiger partial charge >= 0.3 is 17.9 Å². The predicted octanol–water partition coefficient (Wildman–Crippen LogP) is 6.31. The Morgan fingerprint density at radius 3 is 2.09 bits per heavy atom. The Balaban J connectivity index is 1.48. The number of ether oxygens (including phenoxy) is 3. The lowest BCUT2D eigenvalue weighted by atomic mass is 9.35. The normalized spacial score (nSPS) is 47.2. The van der Waals surface area contributed by atoms with E-state index in [4.69, 9.17) is 19.3 Å². The van der Waals surface area contributed by atoms with E-state index < -0.39 is 24.0 Å². The summed E-state index contributed by atoms with van der Waals surface area (Å²) in [5, 5.41) is 19.9. The zero-order chi connectivity index (χ0) is 32.0. The van der Waals surface area contributed by atoms with Gasteiger partial charge in [-0.05, 0) is 113 Å². The lowest BCUT2D eigenvalue weighted by Crippen LogP contribution is -2.67. The molecule has 0 radical (unpaired) electrons. The van der Waals surface area contributed by atoms with E-state index in [-0.39, 0.29) is 69.3 Å². The number of carbonyl (C=O) groups excluding carboxylic acids is 2. The Kier molecular flexibility index (Phi) is 7.94. The Morgan fingerprint density at radius 2 is 1.51 bits per heavy atom. The molecular formula is C35H56O8. The smallest absolute Gasteiger partial charge is 0.317 e. The number of aliphatic hydroxyl groups is 1. The summed E-state index contributed by atoms with van der Waals surface area (Å²) in [6, 6.07) is 0. The zero-order valence-corrected chi connectivity index (χ0v) is 28.0. The van der Waals surface area contributed by atoms with Gasteiger partial charge in [-0.2, -0.15) is 0 Å². The van der Waals surface area contributed by atoms with Crippen LogP contribution in [0.4, 0.5) is 0 Å². The molecule has 4 aliphatic carbocycles. The Hall–Kier alpha value is -1.67. The summed E-state index contributed by atoms with van der Waals surface area (Å²) in [5.41, 5.74) is -1.66. The Morgan fingerprint density at radius 1 is 0.860 bits per heavy atom. The number of fused-ring (bicyclic) bond motifs is 5. The van der Waals surface area contributed by atoms with Crippen molar-refractivity contribution >= 4 is 17.9 Å². The molecule has 244 valence electrons. The molecule has 2 N–H and O–H groups in total. The Labute approximate surface area is 258 Å². The first-order valence-corrected chi connectivity index (χ1v) is 16.7. The maximum Gasteiger partial charge on any atom is 0.317 e. The van der Waals surface area contributed by atoms with Gasteiger partial charge in [0.2, 0.25) is 0 Å². The van der Waals surface area contributed by atoms with Gasteiger partial charge in [0.05, 0.1) is 17.3 Å². The fourth-order valence-electron chi connectivity index (χ4n) is 11.9. The summed E-state index contributed by atoms with van der Waals surface area (Å²) in [4.78, 5) is 36.2. The molecule has 1 heterocycles. The molecule has 8 nitrogen and oxygen atoms in total. The molecule has 5 fully saturated rings. The molecule has 4 saturated carbocycles. The van der Waals surface area contributed by atoms with E-state index in [0.717, 1.165) is 51.4 Å². The van der Waals surface area contributed by atoms with Crippen molar-refractivity contribution < 1.29 is 38.8 Å². The number of hydrogen-bond acceptors (Lipinski definition) is 7. The third-order valence-corrected chi connectivity index (χ3v) is 14.1. The van der Waals surface area contributed by atoms with E-state index in [9.17, 15) is 19.5 Å². The summed E-state index contributed by atoms with van der Waals surface area (Å²) in [6.45, 7) is 19.2. The highest BCUT2D eigenvalue weighted by Crippen LogP contribution is 2.76. The molecule has 0 bridgehead atoms. The summed E-state index contributed by atoms with van der Waals surface area (Å²) >= 11 is 0. The van der Waals surface area contributed by atoms with Crippen molar-refractivity contribution in [3.63, 3.8) is 0 Å². The van der Waals surface area contributed by atoms with E-state index in [2.05, 4.69) is 41.5 Å². The molecule has 5 aliphatic rings. The molecule has 5 rings (SSSR count). The average Bonchev–Trinajstić information content (AvgIpc) is 3.44. The first-order chi connectivity index (χ1) is 19.7. The van der Waals surface area contributed by atoms with Crippen LogP contribution in [0, 0.1) is 45.3 Å². The van der Waals surface area contributed by atoms with Crippen molar-refractivity contribution in [2.75, 3.05) is 0 Å². The maximum atomic E-state index is 12.6. The summed E-state index contributed by atoms with van der Waals surface area (Å²) < 4.78 is 18.9. The van der Waals surface area contributed by atoms with Crippen LogP contribution in [0.5, 0.6) is 0 Å². The second-order valence-corrected chi connectivity index (χ2v) is 17.1. The Bertz CT molecular complexity index is 1140. The van der Waals surface area contributed by atoms with Crippen molar-refractivity contribution in [2.24, 2.45) is 45.3 Å². The number of hydrogen-bond donors (Lipinski definition) is 2. The van der Waals surface area contributed by atoms with Crippen LogP contribution in [0.3, 0.4) is 0 Å². The summed E-state index contributed by atoms with van der Waals surface area (Å²) in [5.74, 6) is -1.05. The highest BCUT2D eigenvalue weighted by molar-refractivity contribution is 5.90. The van der Waals surface area contributed by atoms with Crippen LogP contribution in [0.25, 0.3) is 0 Å². The van der Waals surface area contributed by atoms with E-state index >= 15 is 0 Å². The van der Waals surface area contributed by atoms with Gasteiger partial charge in [0, 0.05) is 18.3 Å². The molecule has 0 spiro atoms. The van der Waals surface area contributed by atoms with Crippen molar-refractivity contribution in [1.29, 1.82) is 0 Å². The number of esters is 2. The second-order valence-electron chi connectivity index (χ2n) is 17.1. The van der Waals surface area contributed by atoms with Crippen LogP contribution in [0.15, 0.2) is 0 Å². The number of carbonyl (C=O) groups is 3. The minimum atomic E-state index is -1.17. The molecule has 0 amide bonds. The van der Waals surface area contributed by atoms with Gasteiger partial charge in [-0.3, -0.25) is 14.4 Å².